The lowest BCUT2D eigenvalue weighted by atomic mass is 9.96. The molecule has 9 heteroatoms. The first kappa shape index (κ1) is 26.6. The number of anilines is 1. The number of piperidine rings is 1. The van der Waals surface area contributed by atoms with Crippen molar-refractivity contribution in [3.05, 3.63) is 58.7 Å². The highest BCUT2D eigenvalue weighted by Gasteiger charge is 2.28. The summed E-state index contributed by atoms with van der Waals surface area (Å²) in [6.45, 7) is 13.4. The van der Waals surface area contributed by atoms with Crippen LogP contribution in [0.4, 0.5) is 10.5 Å². The third-order valence-electron chi connectivity index (χ3n) is 7.47. The Morgan fingerprint density at radius 2 is 1.73 bits per heavy atom. The van der Waals surface area contributed by atoms with Crippen LogP contribution in [0.1, 0.15) is 35.1 Å². The van der Waals surface area contributed by atoms with Crippen LogP contribution < -0.4 is 15.6 Å². The van der Waals surface area contributed by atoms with Gasteiger partial charge < -0.3 is 15.3 Å². The predicted molar refractivity (Wildman–Crippen MR) is 146 cm³/mol. The normalized spacial score (nSPS) is 16.9. The molecule has 0 saturated carbocycles. The Morgan fingerprint density at radius 3 is 2.38 bits per heavy atom. The number of rotatable bonds is 7. The van der Waals surface area contributed by atoms with Gasteiger partial charge in [-0.25, -0.2) is 10.2 Å². The van der Waals surface area contributed by atoms with Gasteiger partial charge in [-0.05, 0) is 74.7 Å². The molecule has 2 fully saturated rings. The molecule has 2 aromatic carbocycles. The Kier molecular flexibility index (Phi) is 8.78. The molecule has 3 N–H and O–H groups in total. The number of aryl methyl sites for hydroxylation is 2. The van der Waals surface area contributed by atoms with Gasteiger partial charge in [0.15, 0.2) is 0 Å². The molecule has 0 radical (unpaired) electrons. The monoisotopic (exact) mass is 506 g/mol. The molecule has 2 aliphatic rings. The molecule has 4 rings (SSSR count). The molecule has 9 nitrogen and oxygen atoms in total. The van der Waals surface area contributed by atoms with E-state index in [2.05, 4.69) is 27.5 Å². The van der Waals surface area contributed by atoms with Gasteiger partial charge in [-0.3, -0.25) is 14.6 Å². The van der Waals surface area contributed by atoms with Crippen molar-refractivity contribution in [1.29, 1.82) is 0 Å². The minimum absolute atomic E-state index is 0.154. The largest absolute Gasteiger partial charge is 0.508 e. The van der Waals surface area contributed by atoms with Crippen LogP contribution in [0.2, 0.25) is 0 Å². The van der Waals surface area contributed by atoms with Gasteiger partial charge in [0.05, 0.1) is 6.54 Å². The summed E-state index contributed by atoms with van der Waals surface area (Å²) in [5.74, 6) is 0.636. The molecular formula is C28H38N6O3. The van der Waals surface area contributed by atoms with Gasteiger partial charge >= 0.3 is 6.03 Å². The number of phenols is 1. The minimum atomic E-state index is -0.421. The summed E-state index contributed by atoms with van der Waals surface area (Å²) in [4.78, 5) is 31.5. The van der Waals surface area contributed by atoms with Gasteiger partial charge in [0.25, 0.3) is 0 Å². The van der Waals surface area contributed by atoms with Crippen molar-refractivity contribution in [2.24, 2.45) is 11.0 Å². The highest BCUT2D eigenvalue weighted by atomic mass is 16.3. The number of amides is 3. The van der Waals surface area contributed by atoms with Crippen molar-refractivity contribution in [2.75, 3.05) is 44.2 Å². The van der Waals surface area contributed by atoms with Crippen LogP contribution >= 0.6 is 0 Å². The van der Waals surface area contributed by atoms with E-state index in [1.54, 1.807) is 6.07 Å². The van der Waals surface area contributed by atoms with Gasteiger partial charge in [-0.1, -0.05) is 18.2 Å². The number of urea groups is 1. The fourth-order valence-corrected chi connectivity index (χ4v) is 5.06. The molecule has 2 aliphatic heterocycles. The van der Waals surface area contributed by atoms with E-state index in [4.69, 9.17) is 0 Å². The topological polar surface area (TPSA) is 101 Å². The lowest BCUT2D eigenvalue weighted by Crippen LogP contribution is -2.51. The quantitative estimate of drug-likeness (QED) is 0.396. The first-order valence-corrected chi connectivity index (χ1v) is 13.0. The maximum Gasteiger partial charge on any atom is 0.342 e. The molecular weight excluding hydrogens is 468 g/mol. The van der Waals surface area contributed by atoms with E-state index in [0.717, 1.165) is 75.3 Å². The van der Waals surface area contributed by atoms with E-state index < -0.39 is 6.03 Å². The zero-order valence-electron chi connectivity index (χ0n) is 21.9. The molecule has 198 valence electrons. The van der Waals surface area contributed by atoms with Crippen LogP contribution in [0, 0.1) is 19.8 Å². The fourth-order valence-electron chi connectivity index (χ4n) is 5.06. The number of nitrogens with one attached hydrogen (secondary N) is 2. The highest BCUT2D eigenvalue weighted by Crippen LogP contribution is 2.26. The van der Waals surface area contributed by atoms with E-state index in [1.165, 1.54) is 4.90 Å². The first-order chi connectivity index (χ1) is 17.9. The fraction of sp³-hybridized carbons (Fsp3) is 0.464. The molecule has 2 aromatic rings. The summed E-state index contributed by atoms with van der Waals surface area (Å²) in [7, 11) is 0. The molecule has 0 aliphatic carbocycles. The number of nitrogens with zero attached hydrogens (tertiary/aromatic N) is 4. The van der Waals surface area contributed by atoms with Gasteiger partial charge in [0.2, 0.25) is 5.91 Å². The lowest BCUT2D eigenvalue weighted by molar-refractivity contribution is -0.138. The molecule has 0 aromatic heterocycles. The third kappa shape index (κ3) is 6.67. The number of hydrogen-bond donors (Lipinski definition) is 3. The Hall–Kier alpha value is -3.43. The van der Waals surface area contributed by atoms with Crippen LogP contribution in [0.5, 0.6) is 5.75 Å². The predicted octanol–water partition coefficient (Wildman–Crippen LogP) is 2.98. The molecule has 0 bridgehead atoms. The third-order valence-corrected chi connectivity index (χ3v) is 7.47. The molecule has 37 heavy (non-hydrogen) atoms. The smallest absolute Gasteiger partial charge is 0.342 e. The van der Waals surface area contributed by atoms with Crippen molar-refractivity contribution in [3.8, 4) is 5.75 Å². The number of piperazine rings is 1. The minimum Gasteiger partial charge on any atom is -0.508 e. The van der Waals surface area contributed by atoms with E-state index in [0.29, 0.717) is 17.2 Å². The van der Waals surface area contributed by atoms with Crippen molar-refractivity contribution < 1.29 is 14.7 Å². The molecule has 2 heterocycles. The van der Waals surface area contributed by atoms with Crippen LogP contribution in [0.25, 0.3) is 0 Å². The molecule has 0 unspecified atom stereocenters. The number of carbonyl (C=O) groups excluding carboxylic acids is 2. The highest BCUT2D eigenvalue weighted by molar-refractivity contribution is 5.92. The first-order valence-electron chi connectivity index (χ1n) is 13.0. The average Bonchev–Trinajstić information content (AvgIpc) is 2.91. The Morgan fingerprint density at radius 1 is 1.08 bits per heavy atom. The summed E-state index contributed by atoms with van der Waals surface area (Å²) in [5, 5.41) is 17.3. The second kappa shape index (κ2) is 12.2. The van der Waals surface area contributed by atoms with Gasteiger partial charge in [0, 0.05) is 56.6 Å². The molecule has 0 atom stereocenters. The standard InChI is InChI=1S/C28H38N6O3/c1-20-16-24(26(35)17-21(20)2)19-34(28(37)31-29-3)25-6-4-22(5-7-25)18-32-12-14-33(15-13-32)27(36)23-8-10-30-11-9-23/h4-7,16-17,23,30,35H,3,8-15,18-19H2,1-2H3,(H,31,37). The number of carbonyl (C=O) groups is 2. The summed E-state index contributed by atoms with van der Waals surface area (Å²) in [6.07, 6.45) is 1.87. The van der Waals surface area contributed by atoms with Crippen molar-refractivity contribution >= 4 is 24.3 Å². The van der Waals surface area contributed by atoms with Crippen molar-refractivity contribution in [1.82, 2.24) is 20.5 Å². The van der Waals surface area contributed by atoms with Crippen LogP contribution in [-0.2, 0) is 17.9 Å². The number of hydrazone groups is 1. The van der Waals surface area contributed by atoms with Crippen LogP contribution in [-0.4, -0.2) is 72.8 Å². The summed E-state index contributed by atoms with van der Waals surface area (Å²) in [6, 6.07) is 11.0. The average molecular weight is 507 g/mol. The maximum atomic E-state index is 12.8. The van der Waals surface area contributed by atoms with E-state index >= 15 is 0 Å². The Bertz CT molecular complexity index is 1110. The second-order valence-corrected chi connectivity index (χ2v) is 10.0. The van der Waals surface area contributed by atoms with Crippen LogP contribution in [0.15, 0.2) is 41.5 Å². The lowest BCUT2D eigenvalue weighted by Gasteiger charge is -2.37. The summed E-state index contributed by atoms with van der Waals surface area (Å²) in [5.41, 5.74) is 6.93. The van der Waals surface area contributed by atoms with E-state index in [-0.39, 0.29) is 18.2 Å². The number of phenolic OH excluding ortho intramolecular Hbond substituents is 1. The van der Waals surface area contributed by atoms with Crippen LogP contribution in [0.3, 0.4) is 0 Å². The van der Waals surface area contributed by atoms with E-state index in [9.17, 15) is 14.7 Å². The van der Waals surface area contributed by atoms with Crippen molar-refractivity contribution in [3.63, 3.8) is 0 Å². The molecule has 3 amide bonds. The molecule has 2 saturated heterocycles. The number of hydrogen-bond acceptors (Lipinski definition) is 6. The Balaban J connectivity index is 1.38. The SMILES string of the molecule is C=NNC(=O)N(Cc1cc(C)c(C)cc1O)c1ccc(CN2CCN(C(=O)C3CCNCC3)CC2)cc1. The number of benzene rings is 2. The summed E-state index contributed by atoms with van der Waals surface area (Å²) < 4.78 is 0. The van der Waals surface area contributed by atoms with Gasteiger partial charge in [-0.2, -0.15) is 5.10 Å². The number of aromatic hydroxyl groups is 1. The summed E-state index contributed by atoms with van der Waals surface area (Å²) >= 11 is 0. The Labute approximate surface area is 219 Å². The molecule has 0 spiro atoms. The van der Waals surface area contributed by atoms with Gasteiger partial charge in [-0.15, -0.1) is 0 Å². The van der Waals surface area contributed by atoms with Gasteiger partial charge in [0.1, 0.15) is 5.75 Å². The van der Waals surface area contributed by atoms with Crippen molar-refractivity contribution in [2.45, 2.75) is 39.8 Å². The maximum absolute atomic E-state index is 12.8. The van der Waals surface area contributed by atoms with E-state index in [1.807, 2.05) is 49.1 Å². The zero-order valence-corrected chi connectivity index (χ0v) is 21.9. The second-order valence-electron chi connectivity index (χ2n) is 10.0. The zero-order chi connectivity index (χ0) is 26.4.